The summed E-state index contributed by atoms with van der Waals surface area (Å²) in [7, 11) is 0. The van der Waals surface area contributed by atoms with E-state index in [1.807, 2.05) is 49.4 Å². The zero-order valence-electron chi connectivity index (χ0n) is 18.8. The maximum absolute atomic E-state index is 13.6. The Morgan fingerprint density at radius 2 is 1.70 bits per heavy atom. The molecule has 1 fully saturated rings. The molecule has 170 valence electrons. The number of Topliss-reactive ketones (excluding diaryl/α,β-unsaturated/α-hetero) is 1. The minimum absolute atomic E-state index is 0.0513. The molecule has 0 spiro atoms. The quantitative estimate of drug-likeness (QED) is 0.552. The zero-order chi connectivity index (χ0) is 22.9. The summed E-state index contributed by atoms with van der Waals surface area (Å²) in [6.45, 7) is 1.90. The summed E-state index contributed by atoms with van der Waals surface area (Å²) in [5.74, 6) is -0.702. The third-order valence-corrected chi connectivity index (χ3v) is 7.45. The molecule has 1 aliphatic heterocycles. The lowest BCUT2D eigenvalue weighted by Gasteiger charge is -2.37. The van der Waals surface area contributed by atoms with Crippen LogP contribution in [0.3, 0.4) is 0 Å². The Morgan fingerprint density at radius 3 is 2.42 bits per heavy atom. The van der Waals surface area contributed by atoms with Crippen molar-refractivity contribution in [2.24, 2.45) is 0 Å². The second-order valence-electron chi connectivity index (χ2n) is 9.26. The molecule has 1 heterocycles. The minimum atomic E-state index is -0.520. The molecule has 1 saturated carbocycles. The van der Waals surface area contributed by atoms with Crippen molar-refractivity contribution in [2.45, 2.75) is 63.4 Å². The normalized spacial score (nSPS) is 23.4. The standard InChI is InChI=1S/C28H28ClNO3/c1-17-25(28(32)33-20-11-5-6-12-20)26(21-13-7-8-14-22(21)29)27-23(30-17)15-19(16-24(27)31)18-9-3-2-4-10-18/h2-4,7-10,13-14,19-20,26,30H,5-6,11-12,15-16H2,1H3/t19-,26-/m1/s1. The van der Waals surface area contributed by atoms with Gasteiger partial charge in [-0.1, -0.05) is 60.1 Å². The van der Waals surface area contributed by atoms with Crippen molar-refractivity contribution in [3.63, 3.8) is 0 Å². The SMILES string of the molecule is CC1=C(C(=O)OC2CCCC2)[C@@H](c2ccccc2Cl)C2=C(C[C@@H](c3ccccc3)CC2=O)N1. The molecule has 4 nitrogen and oxygen atoms in total. The molecule has 0 radical (unpaired) electrons. The average molecular weight is 462 g/mol. The molecule has 2 atom stereocenters. The van der Waals surface area contributed by atoms with Gasteiger partial charge in [-0.3, -0.25) is 4.79 Å². The van der Waals surface area contributed by atoms with Crippen molar-refractivity contribution in [3.8, 4) is 0 Å². The number of ether oxygens (including phenoxy) is 1. The molecular weight excluding hydrogens is 434 g/mol. The molecule has 5 rings (SSSR count). The second-order valence-corrected chi connectivity index (χ2v) is 9.67. The van der Waals surface area contributed by atoms with E-state index < -0.39 is 5.92 Å². The first-order valence-corrected chi connectivity index (χ1v) is 12.1. The predicted octanol–water partition coefficient (Wildman–Crippen LogP) is 6.19. The van der Waals surface area contributed by atoms with E-state index in [1.165, 1.54) is 0 Å². The van der Waals surface area contributed by atoms with E-state index in [-0.39, 0.29) is 23.8 Å². The van der Waals surface area contributed by atoms with Crippen molar-refractivity contribution in [3.05, 3.63) is 93.3 Å². The fourth-order valence-corrected chi connectivity index (χ4v) is 5.76. The van der Waals surface area contributed by atoms with Crippen molar-refractivity contribution < 1.29 is 14.3 Å². The lowest BCUT2D eigenvalue weighted by molar-refractivity contribution is -0.144. The topological polar surface area (TPSA) is 55.4 Å². The van der Waals surface area contributed by atoms with Crippen LogP contribution in [0.15, 0.2) is 77.1 Å². The average Bonchev–Trinajstić information content (AvgIpc) is 3.32. The highest BCUT2D eigenvalue weighted by atomic mass is 35.5. The van der Waals surface area contributed by atoms with Crippen molar-refractivity contribution in [1.29, 1.82) is 0 Å². The number of nitrogens with one attached hydrogen (secondary N) is 1. The highest BCUT2D eigenvalue weighted by molar-refractivity contribution is 6.31. The van der Waals surface area contributed by atoms with E-state index >= 15 is 0 Å². The fourth-order valence-electron chi connectivity index (χ4n) is 5.51. The fraction of sp³-hybridized carbons (Fsp3) is 0.357. The highest BCUT2D eigenvalue weighted by Crippen LogP contribution is 2.47. The maximum atomic E-state index is 13.6. The van der Waals surface area contributed by atoms with Gasteiger partial charge < -0.3 is 10.1 Å². The number of benzene rings is 2. The number of carbonyl (C=O) groups excluding carboxylic acids is 2. The molecule has 2 aliphatic carbocycles. The van der Waals surface area contributed by atoms with Gasteiger partial charge in [-0.15, -0.1) is 0 Å². The van der Waals surface area contributed by atoms with Crippen LogP contribution in [0.4, 0.5) is 0 Å². The Morgan fingerprint density at radius 1 is 1.00 bits per heavy atom. The first kappa shape index (κ1) is 22.0. The van der Waals surface area contributed by atoms with E-state index in [0.717, 1.165) is 48.2 Å². The van der Waals surface area contributed by atoms with Gasteiger partial charge in [0.1, 0.15) is 6.10 Å². The number of carbonyl (C=O) groups is 2. The van der Waals surface area contributed by atoms with Gasteiger partial charge in [0.2, 0.25) is 0 Å². The largest absolute Gasteiger partial charge is 0.459 e. The van der Waals surface area contributed by atoms with E-state index in [1.54, 1.807) is 0 Å². The number of hydrogen-bond acceptors (Lipinski definition) is 4. The molecule has 2 aromatic rings. The number of halogens is 1. The summed E-state index contributed by atoms with van der Waals surface area (Å²) < 4.78 is 5.90. The van der Waals surface area contributed by atoms with Gasteiger partial charge in [0.25, 0.3) is 0 Å². The van der Waals surface area contributed by atoms with Crippen LogP contribution >= 0.6 is 11.6 Å². The molecule has 1 N–H and O–H groups in total. The number of dihydropyridines is 1. The van der Waals surface area contributed by atoms with Gasteiger partial charge in [-0.25, -0.2) is 4.79 Å². The smallest absolute Gasteiger partial charge is 0.337 e. The van der Waals surface area contributed by atoms with Gasteiger partial charge in [-0.2, -0.15) is 0 Å². The highest BCUT2D eigenvalue weighted by Gasteiger charge is 2.42. The summed E-state index contributed by atoms with van der Waals surface area (Å²) in [6, 6.07) is 17.6. The molecule has 0 unspecified atom stereocenters. The van der Waals surface area contributed by atoms with Crippen molar-refractivity contribution in [1.82, 2.24) is 5.32 Å². The lowest BCUT2D eigenvalue weighted by Crippen LogP contribution is -2.36. The van der Waals surface area contributed by atoms with Gasteiger partial charge >= 0.3 is 5.97 Å². The molecule has 0 aromatic heterocycles. The molecule has 33 heavy (non-hydrogen) atoms. The third-order valence-electron chi connectivity index (χ3n) is 7.11. The van der Waals surface area contributed by atoms with E-state index in [9.17, 15) is 9.59 Å². The van der Waals surface area contributed by atoms with Crippen LogP contribution < -0.4 is 5.32 Å². The first-order chi connectivity index (χ1) is 16.0. The van der Waals surface area contributed by atoms with Crippen LogP contribution in [0, 0.1) is 0 Å². The molecule has 3 aliphatic rings. The Labute approximate surface area is 199 Å². The molecular formula is C28H28ClNO3. The maximum Gasteiger partial charge on any atom is 0.337 e. The number of hydrogen-bond donors (Lipinski definition) is 1. The second kappa shape index (κ2) is 9.18. The Balaban J connectivity index is 1.56. The molecule has 5 heteroatoms. The van der Waals surface area contributed by atoms with Crippen LogP contribution in [0.1, 0.15) is 68.4 Å². The number of rotatable bonds is 4. The van der Waals surface area contributed by atoms with Crippen LogP contribution in [0.2, 0.25) is 5.02 Å². The summed E-state index contributed by atoms with van der Waals surface area (Å²) in [6.07, 6.45) is 5.03. The van der Waals surface area contributed by atoms with Crippen LogP contribution in [0.5, 0.6) is 0 Å². The van der Waals surface area contributed by atoms with Gasteiger partial charge in [-0.05, 0) is 62.1 Å². The van der Waals surface area contributed by atoms with Gasteiger partial charge in [0.05, 0.1) is 5.57 Å². The van der Waals surface area contributed by atoms with Crippen LogP contribution in [0.25, 0.3) is 0 Å². The Hall–Kier alpha value is -2.85. The summed E-state index contributed by atoms with van der Waals surface area (Å²) >= 11 is 6.62. The predicted molar refractivity (Wildman–Crippen MR) is 129 cm³/mol. The Bertz CT molecular complexity index is 1140. The van der Waals surface area contributed by atoms with Crippen molar-refractivity contribution >= 4 is 23.4 Å². The third kappa shape index (κ3) is 4.24. The molecule has 0 amide bonds. The van der Waals surface area contributed by atoms with Gasteiger partial charge in [0, 0.05) is 34.3 Å². The number of ketones is 1. The van der Waals surface area contributed by atoms with Crippen LogP contribution in [-0.2, 0) is 14.3 Å². The zero-order valence-corrected chi connectivity index (χ0v) is 19.5. The van der Waals surface area contributed by atoms with Gasteiger partial charge in [0.15, 0.2) is 5.78 Å². The summed E-state index contributed by atoms with van der Waals surface area (Å²) in [4.78, 5) is 27.0. The van der Waals surface area contributed by atoms with E-state index in [2.05, 4.69) is 17.4 Å². The minimum Gasteiger partial charge on any atom is -0.459 e. The summed E-state index contributed by atoms with van der Waals surface area (Å²) in [5, 5.41) is 3.97. The number of allylic oxidation sites excluding steroid dienone is 3. The lowest BCUT2D eigenvalue weighted by atomic mass is 9.71. The van der Waals surface area contributed by atoms with Crippen molar-refractivity contribution in [2.75, 3.05) is 0 Å². The monoisotopic (exact) mass is 461 g/mol. The molecule has 2 aromatic carbocycles. The van der Waals surface area contributed by atoms with E-state index in [0.29, 0.717) is 29.0 Å². The van der Waals surface area contributed by atoms with Crippen LogP contribution in [-0.4, -0.2) is 17.9 Å². The summed E-state index contributed by atoms with van der Waals surface area (Å²) in [5.41, 5.74) is 4.71. The Kier molecular flexibility index (Phi) is 6.11. The molecule has 0 bridgehead atoms. The first-order valence-electron chi connectivity index (χ1n) is 11.8. The number of esters is 1. The molecule has 0 saturated heterocycles. The van der Waals surface area contributed by atoms with E-state index in [4.69, 9.17) is 16.3 Å².